The molecule has 0 aliphatic rings. The van der Waals surface area contributed by atoms with Gasteiger partial charge in [-0.15, -0.1) is 0 Å². The number of aryl methyl sites for hydroxylation is 1. The van der Waals surface area contributed by atoms with Crippen LogP contribution in [-0.4, -0.2) is 32.7 Å². The van der Waals surface area contributed by atoms with Gasteiger partial charge >= 0.3 is 11.2 Å². The number of aliphatic hydroxyl groups excluding tert-OH is 1. The minimum Gasteiger partial charge on any atom is -0.395 e. The Bertz CT molecular complexity index is 821. The minimum atomic E-state index is -0.803. The van der Waals surface area contributed by atoms with Crippen molar-refractivity contribution in [3.63, 3.8) is 0 Å². The number of hydrogen-bond acceptors (Lipinski definition) is 7. The lowest BCUT2D eigenvalue weighted by Crippen LogP contribution is -2.23. The zero-order valence-corrected chi connectivity index (χ0v) is 11.0. The quantitative estimate of drug-likeness (QED) is 0.602. The zero-order chi connectivity index (χ0) is 15.6. The lowest BCUT2D eigenvalue weighted by molar-refractivity contribution is -0.385. The summed E-state index contributed by atoms with van der Waals surface area (Å²) in [6, 6.07) is 4.76. The SMILES string of the molecule is Cn1c(=O)c([N+](=O)[O-])c(NCCO)c2nc(C#N)ccc21. The van der Waals surface area contributed by atoms with E-state index in [2.05, 4.69) is 10.3 Å². The van der Waals surface area contributed by atoms with Gasteiger partial charge in [-0.05, 0) is 12.1 Å². The van der Waals surface area contributed by atoms with Crippen LogP contribution in [0.1, 0.15) is 5.69 Å². The number of hydrogen-bond donors (Lipinski definition) is 2. The molecule has 0 amide bonds. The van der Waals surface area contributed by atoms with Crippen LogP contribution < -0.4 is 10.9 Å². The van der Waals surface area contributed by atoms with E-state index in [1.807, 2.05) is 6.07 Å². The zero-order valence-electron chi connectivity index (χ0n) is 11.0. The fourth-order valence-electron chi connectivity index (χ4n) is 1.97. The van der Waals surface area contributed by atoms with Gasteiger partial charge in [0.25, 0.3) is 0 Å². The topological polar surface area (TPSA) is 134 Å². The molecule has 0 aromatic carbocycles. The Morgan fingerprint density at radius 1 is 1.57 bits per heavy atom. The summed E-state index contributed by atoms with van der Waals surface area (Å²) in [5.41, 5.74) is -0.992. The Hall–Kier alpha value is -2.99. The van der Waals surface area contributed by atoms with Crippen LogP contribution >= 0.6 is 0 Å². The van der Waals surface area contributed by atoms with Crippen LogP contribution in [0.5, 0.6) is 0 Å². The van der Waals surface area contributed by atoms with Crippen molar-refractivity contribution in [3.05, 3.63) is 38.3 Å². The highest BCUT2D eigenvalue weighted by atomic mass is 16.6. The lowest BCUT2D eigenvalue weighted by Gasteiger charge is -2.11. The van der Waals surface area contributed by atoms with E-state index in [4.69, 9.17) is 10.4 Å². The lowest BCUT2D eigenvalue weighted by atomic mass is 10.2. The van der Waals surface area contributed by atoms with Gasteiger partial charge in [-0.1, -0.05) is 0 Å². The van der Waals surface area contributed by atoms with Crippen LogP contribution in [0.2, 0.25) is 0 Å². The average Bonchev–Trinajstić information content (AvgIpc) is 2.48. The van der Waals surface area contributed by atoms with E-state index in [0.717, 1.165) is 4.57 Å². The fourth-order valence-corrected chi connectivity index (χ4v) is 1.97. The molecule has 0 aliphatic heterocycles. The van der Waals surface area contributed by atoms with Crippen LogP contribution in [0, 0.1) is 21.4 Å². The molecule has 9 nitrogen and oxygen atoms in total. The maximum atomic E-state index is 12.1. The van der Waals surface area contributed by atoms with Crippen molar-refractivity contribution >= 4 is 22.4 Å². The van der Waals surface area contributed by atoms with Crippen molar-refractivity contribution in [2.24, 2.45) is 7.05 Å². The summed E-state index contributed by atoms with van der Waals surface area (Å²) in [7, 11) is 1.39. The van der Waals surface area contributed by atoms with Crippen LogP contribution in [0.15, 0.2) is 16.9 Å². The number of nitrogens with one attached hydrogen (secondary N) is 1. The second-order valence-corrected chi connectivity index (χ2v) is 4.17. The third-order valence-corrected chi connectivity index (χ3v) is 2.93. The van der Waals surface area contributed by atoms with Gasteiger partial charge in [0.1, 0.15) is 23.0 Å². The molecule has 2 aromatic heterocycles. The summed E-state index contributed by atoms with van der Waals surface area (Å²) in [6.07, 6.45) is 0. The number of aromatic nitrogens is 2. The van der Waals surface area contributed by atoms with Gasteiger partial charge in [0, 0.05) is 13.6 Å². The van der Waals surface area contributed by atoms with Gasteiger partial charge in [-0.3, -0.25) is 14.9 Å². The molecule has 0 fully saturated rings. The van der Waals surface area contributed by atoms with Crippen LogP contribution in [0.25, 0.3) is 11.0 Å². The number of anilines is 1. The Morgan fingerprint density at radius 2 is 2.29 bits per heavy atom. The van der Waals surface area contributed by atoms with Gasteiger partial charge in [0.2, 0.25) is 0 Å². The third-order valence-electron chi connectivity index (χ3n) is 2.93. The maximum absolute atomic E-state index is 12.1. The molecule has 2 N–H and O–H groups in total. The molecule has 9 heteroatoms. The summed E-state index contributed by atoms with van der Waals surface area (Å²) < 4.78 is 1.10. The Kier molecular flexibility index (Phi) is 3.82. The first-order valence-electron chi connectivity index (χ1n) is 5.94. The van der Waals surface area contributed by atoms with Gasteiger partial charge < -0.3 is 15.0 Å². The first kappa shape index (κ1) is 14.4. The van der Waals surface area contributed by atoms with Gasteiger partial charge in [-0.25, -0.2) is 4.98 Å². The first-order chi connectivity index (χ1) is 10.0. The number of nitrogens with zero attached hydrogens (tertiary/aromatic N) is 4. The van der Waals surface area contributed by atoms with E-state index in [1.54, 1.807) is 0 Å². The summed E-state index contributed by atoms with van der Waals surface area (Å²) in [5, 5.41) is 31.5. The Morgan fingerprint density at radius 3 is 2.86 bits per heavy atom. The number of rotatable bonds is 4. The summed E-state index contributed by atoms with van der Waals surface area (Å²) in [6.45, 7) is -0.257. The van der Waals surface area contributed by atoms with Crippen LogP contribution in [-0.2, 0) is 7.05 Å². The maximum Gasteiger partial charge on any atom is 0.359 e. The fraction of sp³-hybridized carbons (Fsp3) is 0.250. The third kappa shape index (κ3) is 2.39. The molecule has 0 spiro atoms. The molecule has 2 aromatic rings. The summed E-state index contributed by atoms with van der Waals surface area (Å²) in [4.78, 5) is 26.5. The molecule has 0 saturated carbocycles. The molecular formula is C12H11N5O4. The summed E-state index contributed by atoms with van der Waals surface area (Å²) >= 11 is 0. The van der Waals surface area contributed by atoms with Crippen LogP contribution in [0.3, 0.4) is 0 Å². The summed E-state index contributed by atoms with van der Waals surface area (Å²) in [5.74, 6) is 0. The van der Waals surface area contributed by atoms with E-state index in [0.29, 0.717) is 5.52 Å². The standard InChI is InChI=1S/C12H11N5O4/c1-16-8-3-2-7(6-13)15-9(8)10(14-4-5-18)11(12(16)19)17(20)21/h2-3,14,18H,4-5H2,1H3. The monoisotopic (exact) mass is 289 g/mol. The smallest absolute Gasteiger partial charge is 0.359 e. The van der Waals surface area contributed by atoms with Crippen molar-refractivity contribution < 1.29 is 10.0 Å². The number of aliphatic hydroxyl groups is 1. The molecule has 0 radical (unpaired) electrons. The van der Waals surface area contributed by atoms with Gasteiger partial charge in [-0.2, -0.15) is 5.26 Å². The van der Waals surface area contributed by atoms with Crippen molar-refractivity contribution in [1.29, 1.82) is 5.26 Å². The highest BCUT2D eigenvalue weighted by Crippen LogP contribution is 2.28. The van der Waals surface area contributed by atoms with Crippen molar-refractivity contribution in [2.75, 3.05) is 18.5 Å². The molecule has 0 bridgehead atoms. The molecule has 0 aliphatic carbocycles. The number of nitro groups is 1. The van der Waals surface area contributed by atoms with E-state index >= 15 is 0 Å². The molecule has 2 rings (SSSR count). The minimum absolute atomic E-state index is 0.0154. The molecule has 0 atom stereocenters. The van der Waals surface area contributed by atoms with Crippen LogP contribution in [0.4, 0.5) is 11.4 Å². The van der Waals surface area contributed by atoms with Gasteiger partial charge in [0.05, 0.1) is 17.0 Å². The molecule has 108 valence electrons. The molecule has 0 unspecified atom stereocenters. The first-order valence-corrected chi connectivity index (χ1v) is 5.94. The normalized spacial score (nSPS) is 10.3. The number of nitriles is 1. The number of fused-ring (bicyclic) bond motifs is 1. The molecule has 2 heterocycles. The molecular weight excluding hydrogens is 278 g/mol. The van der Waals surface area contributed by atoms with E-state index in [1.165, 1.54) is 19.2 Å². The van der Waals surface area contributed by atoms with E-state index < -0.39 is 16.2 Å². The highest BCUT2D eigenvalue weighted by Gasteiger charge is 2.25. The molecule has 21 heavy (non-hydrogen) atoms. The second-order valence-electron chi connectivity index (χ2n) is 4.17. The van der Waals surface area contributed by atoms with E-state index in [9.17, 15) is 14.9 Å². The van der Waals surface area contributed by atoms with Crippen molar-refractivity contribution in [3.8, 4) is 6.07 Å². The second kappa shape index (κ2) is 5.56. The Balaban J connectivity index is 2.93. The predicted octanol–water partition coefficient (Wildman–Crippen LogP) is 0.118. The predicted molar refractivity (Wildman–Crippen MR) is 73.9 cm³/mol. The van der Waals surface area contributed by atoms with E-state index in [-0.39, 0.29) is 30.0 Å². The van der Waals surface area contributed by atoms with Gasteiger partial charge in [0.15, 0.2) is 0 Å². The van der Waals surface area contributed by atoms with Crippen molar-refractivity contribution in [1.82, 2.24) is 9.55 Å². The largest absolute Gasteiger partial charge is 0.395 e. The number of pyridine rings is 2. The average molecular weight is 289 g/mol. The highest BCUT2D eigenvalue weighted by molar-refractivity contribution is 5.93. The Labute approximate surface area is 118 Å². The van der Waals surface area contributed by atoms with Crippen molar-refractivity contribution in [2.45, 2.75) is 0 Å². The molecule has 0 saturated heterocycles.